The fourth-order valence-electron chi connectivity index (χ4n) is 2.52. The zero-order chi connectivity index (χ0) is 16.2. The lowest BCUT2D eigenvalue weighted by Gasteiger charge is -2.28. The third-order valence-corrected chi connectivity index (χ3v) is 4.50. The summed E-state index contributed by atoms with van der Waals surface area (Å²) in [5.41, 5.74) is 1.84. The standard InChI is InChI=1S/C14H25N4O3P/c1-16-6-7-17(2)10-13-4-3-5-14(15-13)11-18(9-8-16)12-22(19,20)21/h3-5H,6-12H2,1-2H3,(H2,19,20,21). The van der Waals surface area contributed by atoms with Crippen LogP contribution in [0.4, 0.5) is 0 Å². The maximum absolute atomic E-state index is 11.3. The zero-order valence-electron chi connectivity index (χ0n) is 13.2. The summed E-state index contributed by atoms with van der Waals surface area (Å²) in [5.74, 6) is 0. The lowest BCUT2D eigenvalue weighted by molar-refractivity contribution is 0.202. The molecular weight excluding hydrogens is 303 g/mol. The Bertz CT molecular complexity index is 537. The summed E-state index contributed by atoms with van der Waals surface area (Å²) >= 11 is 0. The predicted molar refractivity (Wildman–Crippen MR) is 85.4 cm³/mol. The molecule has 1 aromatic rings. The van der Waals surface area contributed by atoms with E-state index >= 15 is 0 Å². The Balaban J connectivity index is 2.18. The molecule has 2 heterocycles. The van der Waals surface area contributed by atoms with E-state index in [1.54, 1.807) is 4.90 Å². The monoisotopic (exact) mass is 328 g/mol. The first-order valence-electron chi connectivity index (χ1n) is 7.41. The molecule has 1 aliphatic rings. The second kappa shape index (κ2) is 7.64. The number of fused-ring (bicyclic) bond motifs is 2. The van der Waals surface area contributed by atoms with Crippen LogP contribution in [-0.4, -0.2) is 76.0 Å². The van der Waals surface area contributed by atoms with Crippen LogP contribution in [0.15, 0.2) is 18.2 Å². The minimum atomic E-state index is -4.07. The smallest absolute Gasteiger partial charge is 0.324 e. The molecule has 22 heavy (non-hydrogen) atoms. The molecular formula is C14H25N4O3P. The maximum Gasteiger partial charge on any atom is 0.339 e. The fourth-order valence-corrected chi connectivity index (χ4v) is 3.28. The number of aromatic nitrogens is 1. The van der Waals surface area contributed by atoms with E-state index in [9.17, 15) is 14.4 Å². The molecule has 7 nitrogen and oxygen atoms in total. The Labute approximate surface area is 131 Å². The average molecular weight is 328 g/mol. The molecule has 0 aliphatic carbocycles. The Morgan fingerprint density at radius 2 is 1.64 bits per heavy atom. The van der Waals surface area contributed by atoms with Crippen molar-refractivity contribution in [3.63, 3.8) is 0 Å². The first kappa shape index (κ1) is 17.5. The van der Waals surface area contributed by atoms with Gasteiger partial charge in [-0.15, -0.1) is 0 Å². The summed E-state index contributed by atoms with van der Waals surface area (Å²) in [7, 11) is 0.0414. The minimum Gasteiger partial charge on any atom is -0.324 e. The van der Waals surface area contributed by atoms with Crippen molar-refractivity contribution < 1.29 is 14.4 Å². The maximum atomic E-state index is 11.3. The lowest BCUT2D eigenvalue weighted by atomic mass is 10.2. The average Bonchev–Trinajstić information content (AvgIpc) is 2.40. The number of hydrogen-bond donors (Lipinski definition) is 2. The molecule has 1 aromatic heterocycles. The number of rotatable bonds is 2. The van der Waals surface area contributed by atoms with Crippen LogP contribution in [0.2, 0.25) is 0 Å². The quantitative estimate of drug-likeness (QED) is 0.761. The molecule has 0 spiro atoms. The van der Waals surface area contributed by atoms with Gasteiger partial charge in [-0.05, 0) is 26.2 Å². The van der Waals surface area contributed by atoms with Gasteiger partial charge in [0, 0.05) is 39.3 Å². The van der Waals surface area contributed by atoms with Gasteiger partial charge in [0.15, 0.2) is 0 Å². The van der Waals surface area contributed by atoms with Gasteiger partial charge in [-0.25, -0.2) is 0 Å². The van der Waals surface area contributed by atoms with Gasteiger partial charge in [-0.2, -0.15) is 0 Å². The number of likely N-dealkylation sites (N-methyl/N-ethyl adjacent to an activating group) is 2. The summed E-state index contributed by atoms with van der Waals surface area (Å²) in [6.07, 6.45) is -0.230. The highest BCUT2D eigenvalue weighted by Gasteiger charge is 2.20. The van der Waals surface area contributed by atoms with Crippen molar-refractivity contribution in [2.45, 2.75) is 13.1 Å². The number of pyridine rings is 1. The van der Waals surface area contributed by atoms with E-state index in [-0.39, 0.29) is 6.29 Å². The van der Waals surface area contributed by atoms with Crippen LogP contribution in [-0.2, 0) is 17.7 Å². The van der Waals surface area contributed by atoms with Crippen molar-refractivity contribution in [3.8, 4) is 0 Å². The zero-order valence-corrected chi connectivity index (χ0v) is 14.1. The van der Waals surface area contributed by atoms with Gasteiger partial charge in [-0.3, -0.25) is 19.3 Å². The highest BCUT2D eigenvalue weighted by Crippen LogP contribution is 2.35. The van der Waals surface area contributed by atoms with E-state index in [4.69, 9.17) is 0 Å². The molecule has 2 rings (SSSR count). The highest BCUT2D eigenvalue weighted by atomic mass is 31.2. The molecule has 2 N–H and O–H groups in total. The summed E-state index contributed by atoms with van der Waals surface area (Å²) in [6, 6.07) is 5.85. The first-order chi connectivity index (χ1) is 10.3. The Morgan fingerprint density at radius 1 is 1.05 bits per heavy atom. The van der Waals surface area contributed by atoms with Crippen molar-refractivity contribution in [3.05, 3.63) is 29.6 Å². The third-order valence-electron chi connectivity index (χ3n) is 3.73. The molecule has 0 radical (unpaired) electrons. The van der Waals surface area contributed by atoms with Gasteiger partial charge >= 0.3 is 7.60 Å². The number of nitrogens with zero attached hydrogens (tertiary/aromatic N) is 4. The Hall–Kier alpha value is -0.820. The molecule has 124 valence electrons. The Morgan fingerprint density at radius 3 is 2.32 bits per heavy atom. The first-order valence-corrected chi connectivity index (χ1v) is 9.20. The van der Waals surface area contributed by atoms with Gasteiger partial charge in [0.2, 0.25) is 0 Å². The fraction of sp³-hybridized carbons (Fsp3) is 0.643. The van der Waals surface area contributed by atoms with Gasteiger partial charge in [0.1, 0.15) is 6.29 Å². The van der Waals surface area contributed by atoms with E-state index < -0.39 is 7.60 Å². The van der Waals surface area contributed by atoms with Crippen LogP contribution in [0.1, 0.15) is 11.4 Å². The minimum absolute atomic E-state index is 0.230. The highest BCUT2D eigenvalue weighted by molar-refractivity contribution is 7.51. The van der Waals surface area contributed by atoms with Crippen molar-refractivity contribution in [2.24, 2.45) is 0 Å². The summed E-state index contributed by atoms with van der Waals surface area (Å²) in [5, 5.41) is 0. The summed E-state index contributed by atoms with van der Waals surface area (Å²) in [4.78, 5) is 29.3. The molecule has 1 aliphatic heterocycles. The van der Waals surface area contributed by atoms with Crippen molar-refractivity contribution >= 4 is 7.60 Å². The molecule has 8 heteroatoms. The molecule has 0 aromatic carbocycles. The normalized spacial score (nSPS) is 20.4. The molecule has 0 atom stereocenters. The van der Waals surface area contributed by atoms with Gasteiger partial charge in [0.25, 0.3) is 0 Å². The van der Waals surface area contributed by atoms with Crippen LogP contribution in [0.3, 0.4) is 0 Å². The molecule has 0 saturated heterocycles. The largest absolute Gasteiger partial charge is 0.339 e. The van der Waals surface area contributed by atoms with Crippen molar-refractivity contribution in [2.75, 3.05) is 46.6 Å². The summed E-state index contributed by atoms with van der Waals surface area (Å²) in [6.45, 7) is 4.46. The molecule has 2 bridgehead atoms. The van der Waals surface area contributed by atoms with E-state index in [0.717, 1.165) is 37.6 Å². The van der Waals surface area contributed by atoms with Gasteiger partial charge < -0.3 is 14.7 Å². The topological polar surface area (TPSA) is 80.1 Å². The van der Waals surface area contributed by atoms with E-state index in [1.165, 1.54) is 0 Å². The second-order valence-corrected chi connectivity index (χ2v) is 7.63. The molecule has 0 amide bonds. The molecule has 0 unspecified atom stereocenters. The van der Waals surface area contributed by atoms with Crippen LogP contribution in [0.25, 0.3) is 0 Å². The lowest BCUT2D eigenvalue weighted by Crippen LogP contribution is -2.37. The SMILES string of the molecule is CN1CCN(C)Cc2cccc(n2)CN(CP(=O)(O)O)CC1. The van der Waals surface area contributed by atoms with E-state index in [2.05, 4.69) is 21.8 Å². The Kier molecular flexibility index (Phi) is 6.09. The predicted octanol–water partition coefficient (Wildman–Crippen LogP) is 0.396. The van der Waals surface area contributed by atoms with Crippen LogP contribution in [0, 0.1) is 0 Å². The van der Waals surface area contributed by atoms with E-state index in [0.29, 0.717) is 13.1 Å². The van der Waals surface area contributed by atoms with Gasteiger partial charge in [0.05, 0.1) is 11.4 Å². The van der Waals surface area contributed by atoms with Crippen LogP contribution < -0.4 is 0 Å². The van der Waals surface area contributed by atoms with E-state index in [1.807, 2.05) is 25.2 Å². The second-order valence-electron chi connectivity index (χ2n) is 6.02. The van der Waals surface area contributed by atoms with Crippen LogP contribution >= 0.6 is 7.60 Å². The van der Waals surface area contributed by atoms with Gasteiger partial charge in [-0.1, -0.05) is 6.07 Å². The molecule has 0 fully saturated rings. The number of hydrogen-bond acceptors (Lipinski definition) is 5. The van der Waals surface area contributed by atoms with Crippen molar-refractivity contribution in [1.29, 1.82) is 0 Å². The van der Waals surface area contributed by atoms with Crippen LogP contribution in [0.5, 0.6) is 0 Å². The third kappa shape index (κ3) is 6.12. The van der Waals surface area contributed by atoms with Crippen molar-refractivity contribution in [1.82, 2.24) is 19.7 Å². The molecule has 0 saturated carbocycles. The summed E-state index contributed by atoms with van der Waals surface area (Å²) < 4.78 is 11.3.